The summed E-state index contributed by atoms with van der Waals surface area (Å²) in [6.45, 7) is 6.24. The zero-order valence-electron chi connectivity index (χ0n) is 77.5. The summed E-state index contributed by atoms with van der Waals surface area (Å²) in [6.07, 6.45) is 0.840. The summed E-state index contributed by atoms with van der Waals surface area (Å²) < 4.78 is -1.48. The van der Waals surface area contributed by atoms with Crippen LogP contribution in [0.3, 0.4) is 0 Å². The molecule has 8 rings (SSSR count). The number of hydrogen-bond acceptors (Lipinski definition) is 26. The predicted molar refractivity (Wildman–Crippen MR) is 504 cm³/mol. The molecule has 5 heterocycles. The Hall–Kier alpha value is -13.5. The van der Waals surface area contributed by atoms with Crippen LogP contribution in [0.5, 0.6) is 5.75 Å². The number of hydrogen-bond donors (Lipinski definition) is 23. The molecule has 0 unspecified atom stereocenters. The van der Waals surface area contributed by atoms with Gasteiger partial charge in [-0.2, -0.15) is 25.3 Å². The Morgan fingerprint density at radius 3 is 1.52 bits per heavy atom. The largest absolute Gasteiger partial charge is 0.508 e. The fourth-order valence-electron chi connectivity index (χ4n) is 16.6. The first-order chi connectivity index (χ1) is 65.4. The monoisotopic (exact) mass is 1960 g/mol. The van der Waals surface area contributed by atoms with Crippen LogP contribution >= 0.6 is 25.3 Å². The minimum atomic E-state index is -1.84. The zero-order chi connectivity index (χ0) is 101. The molecule has 4 fully saturated rings. The molecule has 16 atom stereocenters. The van der Waals surface area contributed by atoms with Gasteiger partial charge in [0, 0.05) is 87.2 Å². The Bertz CT molecular complexity index is 4990. The molecule has 0 radical (unpaired) electrons. The van der Waals surface area contributed by atoms with Crippen molar-refractivity contribution < 1.29 is 106 Å². The third-order valence-corrected chi connectivity index (χ3v) is 24.4. The maximum atomic E-state index is 15.4. The summed E-state index contributed by atoms with van der Waals surface area (Å²) in [5, 5.41) is 61.8. The molecule has 752 valence electrons. The van der Waals surface area contributed by atoms with E-state index in [1.807, 2.05) is 0 Å². The Morgan fingerprint density at radius 1 is 0.507 bits per heavy atom. The summed E-state index contributed by atoms with van der Waals surface area (Å²) in [4.78, 5) is 281. The molecular weight excluding hydrogens is 1830 g/mol. The number of aromatic amines is 1. The minimum Gasteiger partial charge on any atom is -0.508 e. The van der Waals surface area contributed by atoms with Crippen LogP contribution < -0.4 is 92.5 Å². The highest BCUT2D eigenvalue weighted by Gasteiger charge is 2.48. The van der Waals surface area contributed by atoms with E-state index >= 15 is 14.4 Å². The highest BCUT2D eigenvalue weighted by Crippen LogP contribution is 2.29. The average Bonchev–Trinajstić information content (AvgIpc) is 1.65. The van der Waals surface area contributed by atoms with Gasteiger partial charge in [-0.05, 0) is 133 Å². The lowest BCUT2D eigenvalue weighted by Crippen LogP contribution is -2.64. The molecule has 46 nitrogen and oxygen atoms in total. The Balaban J connectivity index is 0.929. The molecule has 138 heavy (non-hydrogen) atoms. The number of nitrogens with two attached hydrogens (primary N) is 5. The summed E-state index contributed by atoms with van der Waals surface area (Å²) in [5.74, 6) is -18.0. The number of likely N-dealkylation sites (tertiary alicyclic amines) is 4. The van der Waals surface area contributed by atoms with E-state index in [2.05, 4.69) is 104 Å². The van der Waals surface area contributed by atoms with Gasteiger partial charge in [-0.3, -0.25) is 91.3 Å². The van der Waals surface area contributed by atoms with Crippen LogP contribution in [0.2, 0.25) is 0 Å². The number of guanidine groups is 1. The van der Waals surface area contributed by atoms with Gasteiger partial charge in [0.15, 0.2) is 5.96 Å². The van der Waals surface area contributed by atoms with Gasteiger partial charge in [-0.15, -0.1) is 0 Å². The van der Waals surface area contributed by atoms with Gasteiger partial charge < -0.3 is 132 Å². The second kappa shape index (κ2) is 52.7. The number of phenolic OH excluding ortho intramolecular Hbond substituents is 1. The van der Waals surface area contributed by atoms with Crippen molar-refractivity contribution in [1.82, 2.24) is 93.4 Å². The number of carboxylic acids is 1. The molecule has 48 heteroatoms. The quantitative estimate of drug-likeness (QED) is 0.00847. The van der Waals surface area contributed by atoms with Crippen LogP contribution in [0.15, 0.2) is 102 Å². The normalized spacial score (nSPS) is 18.3. The van der Waals surface area contributed by atoms with Crippen molar-refractivity contribution in [2.24, 2.45) is 39.6 Å². The van der Waals surface area contributed by atoms with Gasteiger partial charge >= 0.3 is 5.97 Å². The molecule has 18 amide bonds. The summed E-state index contributed by atoms with van der Waals surface area (Å²) >= 11 is 8.89. The van der Waals surface area contributed by atoms with Gasteiger partial charge in [0.2, 0.25) is 106 Å². The Morgan fingerprint density at radius 2 is 0.986 bits per heavy atom. The number of amides is 18. The minimum absolute atomic E-state index is 0.00361. The number of primary amides is 2. The molecule has 26 N–H and O–H groups in total. The topological polar surface area (TPSA) is 713 Å². The third kappa shape index (κ3) is 33.2. The number of aromatic nitrogens is 2. The van der Waals surface area contributed by atoms with E-state index in [0.29, 0.717) is 41.6 Å². The zero-order valence-corrected chi connectivity index (χ0v) is 79.3. The fraction of sp³-hybridized carbons (Fsp3) is 0.544. The molecule has 0 spiro atoms. The maximum absolute atomic E-state index is 15.4. The first-order valence-corrected chi connectivity index (χ1v) is 46.7. The Kier molecular flexibility index (Phi) is 41.9. The van der Waals surface area contributed by atoms with Gasteiger partial charge in [0.25, 0.3) is 0 Å². The number of thiol groups is 2. The number of aliphatic carboxylic acids is 1. The number of imidazole rings is 1. The summed E-state index contributed by atoms with van der Waals surface area (Å²) in [7, 11) is 0. The second-order valence-electron chi connectivity index (χ2n) is 35.5. The highest BCUT2D eigenvalue weighted by molar-refractivity contribution is 7.81. The van der Waals surface area contributed by atoms with E-state index in [-0.39, 0.29) is 146 Å². The number of aromatic hydroxyl groups is 1. The molecule has 0 bridgehead atoms. The maximum Gasteiger partial charge on any atom is 0.326 e. The lowest BCUT2D eigenvalue weighted by atomic mass is 9.99. The van der Waals surface area contributed by atoms with E-state index in [1.54, 1.807) is 74.5 Å². The molecular formula is C90H128N24O22S2. The standard InChI is InChI=1S/C90H128N24O22S2/c1-48(2)37-57(77(124)106-62(40-52-26-28-54(116)29-27-52)85(132)112-34-13-22-64(112)82(129)108-63(46-137)80(127)104-60(42-69(93)118)75(122)99-45-71(120)111-33-16-25-67(111)88(135)136)105-81(128)65-23-14-35-113(65)87(134)66-24-15-36-114(66)86(133)61(39-51-19-10-7-11-20-51)107-78(125)59(41-53-43-96-47-100-53)101-70(119)44-98-83(130)72(49(3)115)109-84(131)73(90(4,5)138)110-79(126)58(38-50-17-8-6-9-18-50)103-76(123)56(21-12-32-97-89(94)95)102-74(121)55(91)30-31-68(92)117/h6-11,17-20,26-29,43,47-49,55-67,72-73,115-116,137-138H,12-16,21-25,30-42,44-46,91H2,1-5H3,(H2,92,117)(H2,93,118)(H,96,100)(H,98,130)(H,99,122)(H,101,119)(H,102,121)(H,103,123)(H,104,127)(H,105,128)(H,106,124)(H,107,125)(H,108,129)(H,109,131)(H,110,126)(H,135,136)(H4,94,95,97)/t49-,55+,56+,57+,58+,59+,60+,61+,62+,63+,64+,65-,66-,67+,72+,73-/m1/s1. The number of benzene rings is 3. The average molecular weight is 1960 g/mol. The number of carboxylic acid groups (broad SMARTS) is 1. The molecule has 4 aromatic rings. The van der Waals surface area contributed by atoms with Crippen molar-refractivity contribution in [3.63, 3.8) is 0 Å². The van der Waals surface area contributed by atoms with Gasteiger partial charge in [-0.1, -0.05) is 86.6 Å². The first-order valence-electron chi connectivity index (χ1n) is 45.7. The number of carbonyl (C=O) groups is 19. The Labute approximate surface area is 807 Å². The van der Waals surface area contributed by atoms with Crippen molar-refractivity contribution in [3.05, 3.63) is 120 Å². The van der Waals surface area contributed by atoms with Crippen molar-refractivity contribution >= 4 is 144 Å². The third-order valence-electron chi connectivity index (χ3n) is 23.8. The number of aliphatic imine (C=N–C) groups is 1. The number of aliphatic hydroxyl groups is 1. The van der Waals surface area contributed by atoms with Crippen LogP contribution in [0, 0.1) is 5.92 Å². The number of phenols is 1. The number of nitrogens with one attached hydrogen (secondary N) is 13. The van der Waals surface area contributed by atoms with Gasteiger partial charge in [0.1, 0.15) is 90.3 Å². The van der Waals surface area contributed by atoms with Crippen LogP contribution in [-0.2, 0) is 117 Å². The fourth-order valence-corrected chi connectivity index (χ4v) is 17.0. The number of nitrogens with zero attached hydrogens (tertiary/aromatic N) is 6. The molecule has 4 aliphatic heterocycles. The first kappa shape index (κ1) is 110. The predicted octanol–water partition coefficient (Wildman–Crippen LogP) is -5.90. The van der Waals surface area contributed by atoms with Crippen LogP contribution in [0.1, 0.15) is 147 Å². The van der Waals surface area contributed by atoms with Gasteiger partial charge in [-0.25, -0.2) is 9.78 Å². The number of H-pyrrole nitrogens is 1. The van der Waals surface area contributed by atoms with Gasteiger partial charge in [0.05, 0.1) is 38.0 Å². The molecule has 4 aliphatic rings. The molecule has 4 saturated heterocycles. The van der Waals surface area contributed by atoms with Crippen molar-refractivity contribution in [1.29, 1.82) is 0 Å². The van der Waals surface area contributed by atoms with Crippen molar-refractivity contribution in [2.45, 2.75) is 252 Å². The molecule has 0 saturated carbocycles. The lowest BCUT2D eigenvalue weighted by Gasteiger charge is -2.34. The summed E-state index contributed by atoms with van der Waals surface area (Å²) in [5.41, 5.74) is 29.6. The highest BCUT2D eigenvalue weighted by atomic mass is 32.1. The van der Waals surface area contributed by atoms with E-state index in [4.69, 9.17) is 28.7 Å². The molecule has 0 aliphatic carbocycles. The number of rotatable bonds is 51. The number of carbonyl (C=O) groups excluding carboxylic acids is 18. The van der Waals surface area contributed by atoms with E-state index in [1.165, 1.54) is 65.3 Å². The second-order valence-corrected chi connectivity index (χ2v) is 37.1. The smallest absolute Gasteiger partial charge is 0.326 e. The van der Waals surface area contributed by atoms with Crippen LogP contribution in [0.4, 0.5) is 0 Å². The summed E-state index contributed by atoms with van der Waals surface area (Å²) in [6, 6.07) is 1.32. The SMILES string of the molecule is CC(C)C[C@H](NC(=O)[C@H]1CCCN1C(=O)[C@H]1CCCN1C(=O)[C@H](Cc1ccccc1)NC(=O)[C@H](Cc1cnc[nH]1)NC(=O)CNC(=O)[C@@H](NC(=O)[C@@H](NC(=O)[C@H](Cc1ccccc1)NC(=O)[C@H](CCCN=C(N)N)NC(=O)[C@@H](N)CCC(N)=O)C(C)(C)S)[C@@H](C)O)C(=O)N[C@@H](Cc1ccc(O)cc1)C(=O)N1CCC[C@H]1C(=O)N[C@@H](CS)C(=O)N[C@@H](CC(N)=O)C(=O)NCC(=O)N1CCC[C@H]1C(=O)O. The lowest BCUT2D eigenvalue weighted by molar-refractivity contribution is -0.148. The van der Waals surface area contributed by atoms with Crippen LogP contribution in [0.25, 0.3) is 0 Å². The van der Waals surface area contributed by atoms with Crippen molar-refractivity contribution in [2.75, 3.05) is 51.6 Å². The van der Waals surface area contributed by atoms with Crippen LogP contribution in [-0.4, -0.2) is 316 Å². The molecule has 3 aromatic carbocycles. The number of aliphatic hydroxyl groups excluding tert-OH is 1. The molecule has 1 aromatic heterocycles. The van der Waals surface area contributed by atoms with E-state index in [9.17, 15) is 92.0 Å². The van der Waals surface area contributed by atoms with E-state index < -0.39 is 233 Å². The van der Waals surface area contributed by atoms with E-state index in [0.717, 1.165) is 11.8 Å². The van der Waals surface area contributed by atoms with Crippen molar-refractivity contribution in [3.8, 4) is 5.75 Å².